The van der Waals surface area contributed by atoms with Crippen molar-refractivity contribution in [2.45, 2.75) is 18.6 Å². The molecule has 2 rings (SSSR count). The number of nitrogens with one attached hydrogen (secondary N) is 1. The summed E-state index contributed by atoms with van der Waals surface area (Å²) in [4.78, 5) is 14.3. The van der Waals surface area contributed by atoms with Crippen LogP contribution in [0.25, 0.3) is 0 Å². The summed E-state index contributed by atoms with van der Waals surface area (Å²) in [6.07, 6.45) is 2.10. The predicted molar refractivity (Wildman–Crippen MR) is 95.9 cm³/mol. The van der Waals surface area contributed by atoms with Crippen LogP contribution in [0.5, 0.6) is 0 Å². The maximum Gasteiger partial charge on any atom is 0.224 e. The molecular weight excluding hydrogens is 339 g/mol. The van der Waals surface area contributed by atoms with Gasteiger partial charge in [0.2, 0.25) is 5.91 Å². The Hall–Kier alpha value is -0.420. The Labute approximate surface area is 146 Å². The summed E-state index contributed by atoms with van der Waals surface area (Å²) < 4.78 is 0. The molecule has 0 unspecified atom stereocenters. The second-order valence-electron chi connectivity index (χ2n) is 5.65. The van der Waals surface area contributed by atoms with Gasteiger partial charge in [0.25, 0.3) is 0 Å². The lowest BCUT2D eigenvalue weighted by Gasteiger charge is -2.28. The van der Waals surface area contributed by atoms with Gasteiger partial charge in [-0.2, -0.15) is 11.8 Å². The van der Waals surface area contributed by atoms with Crippen molar-refractivity contribution in [3.05, 3.63) is 33.8 Å². The molecule has 3 nitrogen and oxygen atoms in total. The minimum absolute atomic E-state index is 0.141. The van der Waals surface area contributed by atoms with Gasteiger partial charge in [0.05, 0.1) is 5.92 Å². The molecule has 0 aromatic heterocycles. The van der Waals surface area contributed by atoms with Crippen LogP contribution in [0.2, 0.25) is 10.0 Å². The summed E-state index contributed by atoms with van der Waals surface area (Å²) in [5.41, 5.74) is 0.969. The number of rotatable bonds is 6. The molecular formula is C16H22Cl2N2OS. The van der Waals surface area contributed by atoms with Gasteiger partial charge in [-0.05, 0) is 44.1 Å². The first kappa shape index (κ1) is 17.9. The molecule has 0 radical (unpaired) electrons. The zero-order chi connectivity index (χ0) is 15.9. The van der Waals surface area contributed by atoms with Crippen LogP contribution < -0.4 is 5.32 Å². The molecule has 1 fully saturated rings. The quantitative estimate of drug-likeness (QED) is 0.785. The highest BCUT2D eigenvalue weighted by Gasteiger charge is 2.23. The first-order valence-corrected chi connectivity index (χ1v) is 9.46. The molecule has 1 atom stereocenters. The van der Waals surface area contributed by atoms with Crippen molar-refractivity contribution in [1.82, 2.24) is 10.2 Å². The average Bonchev–Trinajstić information content (AvgIpc) is 2.49. The highest BCUT2D eigenvalue weighted by atomic mass is 35.5. The lowest BCUT2D eigenvalue weighted by atomic mass is 9.98. The molecule has 0 bridgehead atoms. The third-order valence-electron chi connectivity index (χ3n) is 3.85. The van der Waals surface area contributed by atoms with E-state index in [9.17, 15) is 4.79 Å². The monoisotopic (exact) mass is 360 g/mol. The van der Waals surface area contributed by atoms with Crippen LogP contribution in [-0.2, 0) is 10.5 Å². The van der Waals surface area contributed by atoms with E-state index in [-0.39, 0.29) is 11.8 Å². The molecule has 0 aliphatic carbocycles. The minimum atomic E-state index is 0.141. The van der Waals surface area contributed by atoms with Gasteiger partial charge in [0, 0.05) is 34.6 Å². The molecule has 1 saturated heterocycles. The van der Waals surface area contributed by atoms with Crippen molar-refractivity contribution in [2.24, 2.45) is 5.92 Å². The van der Waals surface area contributed by atoms with E-state index in [1.165, 1.54) is 0 Å². The second-order valence-corrected chi connectivity index (χ2v) is 7.56. The highest BCUT2D eigenvalue weighted by molar-refractivity contribution is 7.98. The summed E-state index contributed by atoms with van der Waals surface area (Å²) in [6, 6.07) is 5.55. The molecule has 1 aromatic carbocycles. The lowest BCUT2D eigenvalue weighted by Crippen LogP contribution is -2.41. The van der Waals surface area contributed by atoms with E-state index in [1.807, 2.05) is 18.2 Å². The van der Waals surface area contributed by atoms with Crippen molar-refractivity contribution >= 4 is 40.9 Å². The molecule has 1 aliphatic heterocycles. The van der Waals surface area contributed by atoms with E-state index in [4.69, 9.17) is 23.2 Å². The fourth-order valence-electron chi connectivity index (χ4n) is 2.62. The van der Waals surface area contributed by atoms with Gasteiger partial charge in [-0.1, -0.05) is 29.3 Å². The van der Waals surface area contributed by atoms with Crippen molar-refractivity contribution in [3.8, 4) is 0 Å². The van der Waals surface area contributed by atoms with E-state index in [2.05, 4.69) is 17.3 Å². The van der Waals surface area contributed by atoms with E-state index >= 15 is 0 Å². The van der Waals surface area contributed by atoms with Crippen LogP contribution >= 0.6 is 35.0 Å². The Balaban J connectivity index is 1.66. The van der Waals surface area contributed by atoms with Crippen molar-refractivity contribution in [1.29, 1.82) is 0 Å². The van der Waals surface area contributed by atoms with Crippen molar-refractivity contribution in [2.75, 3.05) is 32.4 Å². The molecule has 1 aromatic rings. The fourth-order valence-corrected chi connectivity index (χ4v) is 4.21. The van der Waals surface area contributed by atoms with Gasteiger partial charge in [0.15, 0.2) is 0 Å². The maximum absolute atomic E-state index is 12.1. The van der Waals surface area contributed by atoms with Crippen LogP contribution in [0.3, 0.4) is 0 Å². The first-order valence-electron chi connectivity index (χ1n) is 7.55. The number of thioether (sulfide) groups is 1. The molecule has 1 heterocycles. The van der Waals surface area contributed by atoms with Crippen LogP contribution in [0, 0.1) is 5.92 Å². The molecule has 1 amide bonds. The van der Waals surface area contributed by atoms with Gasteiger partial charge in [-0.25, -0.2) is 0 Å². The summed E-state index contributed by atoms with van der Waals surface area (Å²) in [5.74, 6) is 1.95. The topological polar surface area (TPSA) is 32.3 Å². The number of carbonyl (C=O) groups is 1. The number of hydrogen-bond acceptors (Lipinski definition) is 3. The third-order valence-corrected chi connectivity index (χ3v) is 5.54. The zero-order valence-corrected chi connectivity index (χ0v) is 15.1. The number of hydrogen-bond donors (Lipinski definition) is 1. The number of halogens is 2. The van der Waals surface area contributed by atoms with Crippen LogP contribution in [0.15, 0.2) is 18.2 Å². The Bertz CT molecular complexity index is 493. The van der Waals surface area contributed by atoms with Gasteiger partial charge in [-0.15, -0.1) is 0 Å². The van der Waals surface area contributed by atoms with Crippen LogP contribution in [0.4, 0.5) is 0 Å². The van der Waals surface area contributed by atoms with Crippen molar-refractivity contribution in [3.63, 3.8) is 0 Å². The Morgan fingerprint density at radius 2 is 2.14 bits per heavy atom. The number of benzene rings is 1. The predicted octanol–water partition coefficient (Wildman–Crippen LogP) is 3.68. The number of amides is 1. The molecule has 122 valence electrons. The lowest BCUT2D eigenvalue weighted by molar-refractivity contribution is -0.126. The Morgan fingerprint density at radius 1 is 1.41 bits per heavy atom. The summed E-state index contributed by atoms with van der Waals surface area (Å²) in [7, 11) is 2.07. The minimum Gasteiger partial charge on any atom is -0.355 e. The van der Waals surface area contributed by atoms with E-state index in [1.54, 1.807) is 11.8 Å². The largest absolute Gasteiger partial charge is 0.355 e. The number of nitrogens with zero attached hydrogens (tertiary/aromatic N) is 1. The summed E-state index contributed by atoms with van der Waals surface area (Å²) in [6.45, 7) is 2.65. The highest BCUT2D eigenvalue weighted by Crippen LogP contribution is 2.28. The van der Waals surface area contributed by atoms with Gasteiger partial charge in [-0.3, -0.25) is 4.79 Å². The molecule has 1 N–H and O–H groups in total. The zero-order valence-electron chi connectivity index (χ0n) is 12.8. The van der Waals surface area contributed by atoms with E-state index in [0.717, 1.165) is 43.0 Å². The SMILES string of the molecule is CN1CCC[C@@H](C(=O)NCCSCc2c(Cl)cccc2Cl)C1. The summed E-state index contributed by atoms with van der Waals surface area (Å²) in [5, 5.41) is 4.44. The number of piperidine rings is 1. The van der Waals surface area contributed by atoms with Gasteiger partial charge in [0.1, 0.15) is 0 Å². The number of likely N-dealkylation sites (tertiary alicyclic amines) is 1. The maximum atomic E-state index is 12.1. The van der Waals surface area contributed by atoms with Crippen LogP contribution in [0.1, 0.15) is 18.4 Å². The molecule has 0 saturated carbocycles. The van der Waals surface area contributed by atoms with Crippen LogP contribution in [-0.4, -0.2) is 43.2 Å². The smallest absolute Gasteiger partial charge is 0.224 e. The van der Waals surface area contributed by atoms with Gasteiger partial charge < -0.3 is 10.2 Å². The third kappa shape index (κ3) is 5.34. The average molecular weight is 361 g/mol. The van der Waals surface area contributed by atoms with E-state index in [0.29, 0.717) is 16.6 Å². The number of carbonyl (C=O) groups excluding carboxylic acids is 1. The molecule has 1 aliphatic rings. The Morgan fingerprint density at radius 3 is 2.82 bits per heavy atom. The van der Waals surface area contributed by atoms with Crippen molar-refractivity contribution < 1.29 is 4.79 Å². The molecule has 6 heteroatoms. The first-order chi connectivity index (χ1) is 10.6. The molecule has 22 heavy (non-hydrogen) atoms. The second kappa shape index (κ2) is 9.02. The van der Waals surface area contributed by atoms with Gasteiger partial charge >= 0.3 is 0 Å². The summed E-state index contributed by atoms with van der Waals surface area (Å²) >= 11 is 14.0. The standard InChI is InChI=1S/C16H22Cl2N2OS/c1-20-8-3-4-12(10-20)16(21)19-7-9-22-11-13-14(17)5-2-6-15(13)18/h2,5-6,12H,3-4,7-11H2,1H3,(H,19,21)/t12-/m1/s1. The Kier molecular flexibility index (Phi) is 7.35. The molecule has 0 spiro atoms. The fraction of sp³-hybridized carbons (Fsp3) is 0.562. The normalized spacial score (nSPS) is 19.1. The van der Waals surface area contributed by atoms with E-state index < -0.39 is 0 Å².